The zero-order valence-electron chi connectivity index (χ0n) is 7.52. The summed E-state index contributed by atoms with van der Waals surface area (Å²) in [6.45, 7) is -1.35. The highest BCUT2D eigenvalue weighted by molar-refractivity contribution is 5.35. The summed E-state index contributed by atoms with van der Waals surface area (Å²) in [4.78, 5) is 2.74. The van der Waals surface area contributed by atoms with Crippen LogP contribution >= 0.6 is 0 Å². The molecule has 1 rings (SSSR count). The lowest BCUT2D eigenvalue weighted by molar-refractivity contribution is -0.141. The first-order chi connectivity index (χ1) is 7.29. The molecule has 0 aromatic carbocycles. The van der Waals surface area contributed by atoms with Gasteiger partial charge in [0.05, 0.1) is 12.2 Å². The molecule has 16 heavy (non-hydrogen) atoms. The quantitative estimate of drug-likeness (QED) is 0.641. The fourth-order valence-corrected chi connectivity index (χ4v) is 1.19. The summed E-state index contributed by atoms with van der Waals surface area (Å²) in [5, 5.41) is 8.54. The van der Waals surface area contributed by atoms with Crippen LogP contribution in [0.2, 0.25) is 0 Å². The first-order valence-corrected chi connectivity index (χ1v) is 3.92. The van der Waals surface area contributed by atoms with Crippen molar-refractivity contribution in [2.75, 3.05) is 0 Å². The Morgan fingerprint density at radius 2 is 1.88 bits per heavy atom. The zero-order chi connectivity index (χ0) is 12.5. The van der Waals surface area contributed by atoms with Crippen molar-refractivity contribution in [3.05, 3.63) is 28.8 Å². The second-order valence-electron chi connectivity index (χ2n) is 2.81. The number of hydrogen-bond donors (Lipinski definition) is 1. The summed E-state index contributed by atoms with van der Waals surface area (Å²) in [5.41, 5.74) is -4.58. The van der Waals surface area contributed by atoms with Crippen molar-refractivity contribution in [3.8, 4) is 0 Å². The molecule has 0 saturated carbocycles. The lowest BCUT2D eigenvalue weighted by Gasteiger charge is -2.15. The fourth-order valence-electron chi connectivity index (χ4n) is 1.19. The van der Waals surface area contributed by atoms with Crippen LogP contribution in [0.5, 0.6) is 0 Å². The minimum absolute atomic E-state index is 0.113. The summed E-state index contributed by atoms with van der Waals surface area (Å²) in [7, 11) is 0. The normalized spacial score (nSPS) is 12.2. The molecule has 1 aromatic rings. The van der Waals surface area contributed by atoms with Crippen LogP contribution in [0, 0.1) is 5.95 Å². The standard InChI is InChI=1S/C8H5F6NO/c9-6(10)3-1-15-7(11)4(2-16)5(3)8(12,13)14/h1,6,16H,2H2. The van der Waals surface area contributed by atoms with Crippen LogP contribution in [0.3, 0.4) is 0 Å². The predicted molar refractivity (Wildman–Crippen MR) is 40.1 cm³/mol. The highest BCUT2D eigenvalue weighted by Crippen LogP contribution is 2.38. The number of aliphatic hydroxyl groups is 1. The molecule has 0 aliphatic heterocycles. The second kappa shape index (κ2) is 4.28. The maximum absolute atomic E-state index is 12.8. The molecule has 0 amide bonds. The van der Waals surface area contributed by atoms with Crippen molar-refractivity contribution >= 4 is 0 Å². The molecule has 1 aromatic heterocycles. The van der Waals surface area contributed by atoms with Crippen LogP contribution in [0.1, 0.15) is 23.1 Å². The number of hydrogen-bond acceptors (Lipinski definition) is 2. The number of alkyl halides is 5. The van der Waals surface area contributed by atoms with Gasteiger partial charge in [0.25, 0.3) is 6.43 Å². The molecular formula is C8H5F6NO. The Bertz CT molecular complexity index is 389. The van der Waals surface area contributed by atoms with E-state index in [2.05, 4.69) is 4.98 Å². The number of halogens is 6. The highest BCUT2D eigenvalue weighted by Gasteiger charge is 2.39. The Hall–Kier alpha value is -1.31. The Morgan fingerprint density at radius 1 is 1.31 bits per heavy atom. The molecule has 90 valence electrons. The molecule has 0 unspecified atom stereocenters. The van der Waals surface area contributed by atoms with Crippen LogP contribution in [0.4, 0.5) is 26.3 Å². The monoisotopic (exact) mass is 245 g/mol. The first kappa shape index (κ1) is 12.8. The van der Waals surface area contributed by atoms with E-state index < -0.39 is 41.8 Å². The Balaban J connectivity index is 3.54. The Morgan fingerprint density at radius 3 is 2.25 bits per heavy atom. The van der Waals surface area contributed by atoms with Crippen molar-refractivity contribution in [2.24, 2.45) is 0 Å². The van der Waals surface area contributed by atoms with Crippen LogP contribution in [0.15, 0.2) is 6.20 Å². The van der Waals surface area contributed by atoms with Gasteiger partial charge >= 0.3 is 6.18 Å². The van der Waals surface area contributed by atoms with E-state index in [0.717, 1.165) is 0 Å². The van der Waals surface area contributed by atoms with Gasteiger partial charge in [0.1, 0.15) is 0 Å². The van der Waals surface area contributed by atoms with E-state index in [1.807, 2.05) is 0 Å². The number of pyridine rings is 1. The smallest absolute Gasteiger partial charge is 0.391 e. The van der Waals surface area contributed by atoms with Gasteiger partial charge in [0, 0.05) is 17.3 Å². The lowest BCUT2D eigenvalue weighted by Crippen LogP contribution is -2.16. The third-order valence-electron chi connectivity index (χ3n) is 1.83. The minimum Gasteiger partial charge on any atom is -0.391 e. The minimum atomic E-state index is -5.17. The average molecular weight is 245 g/mol. The summed E-state index contributed by atoms with van der Waals surface area (Å²) < 4.78 is 74.5. The van der Waals surface area contributed by atoms with E-state index in [0.29, 0.717) is 0 Å². The van der Waals surface area contributed by atoms with Crippen molar-refractivity contribution in [1.82, 2.24) is 4.98 Å². The van der Waals surface area contributed by atoms with Crippen LogP contribution in [0.25, 0.3) is 0 Å². The molecule has 1 heterocycles. The molecule has 2 nitrogen and oxygen atoms in total. The molecule has 0 spiro atoms. The summed E-state index contributed by atoms with van der Waals surface area (Å²) in [5.74, 6) is -1.61. The van der Waals surface area contributed by atoms with Crippen molar-refractivity contribution < 1.29 is 31.4 Å². The molecule has 0 aliphatic rings. The summed E-state index contributed by atoms with van der Waals surface area (Å²) >= 11 is 0. The van der Waals surface area contributed by atoms with E-state index in [1.165, 1.54) is 0 Å². The van der Waals surface area contributed by atoms with E-state index >= 15 is 0 Å². The molecule has 8 heteroatoms. The predicted octanol–water partition coefficient (Wildman–Crippen LogP) is 2.67. The lowest BCUT2D eigenvalue weighted by atomic mass is 10.0. The molecule has 1 N–H and O–H groups in total. The molecule has 0 saturated heterocycles. The zero-order valence-corrected chi connectivity index (χ0v) is 7.52. The third kappa shape index (κ3) is 2.26. The molecule has 0 fully saturated rings. The highest BCUT2D eigenvalue weighted by atomic mass is 19.4. The van der Waals surface area contributed by atoms with E-state index in [9.17, 15) is 26.3 Å². The fraction of sp³-hybridized carbons (Fsp3) is 0.375. The first-order valence-electron chi connectivity index (χ1n) is 3.92. The topological polar surface area (TPSA) is 33.1 Å². The molecule has 0 atom stereocenters. The van der Waals surface area contributed by atoms with Crippen molar-refractivity contribution in [2.45, 2.75) is 19.2 Å². The molecular weight excluding hydrogens is 240 g/mol. The van der Waals surface area contributed by atoms with Gasteiger partial charge in [0.15, 0.2) is 0 Å². The van der Waals surface area contributed by atoms with Gasteiger partial charge in [-0.2, -0.15) is 17.6 Å². The maximum Gasteiger partial charge on any atom is 0.417 e. The number of aromatic nitrogens is 1. The van der Waals surface area contributed by atoms with Crippen LogP contribution in [-0.4, -0.2) is 10.1 Å². The Labute approximate surface area is 85.5 Å². The van der Waals surface area contributed by atoms with Gasteiger partial charge in [0.2, 0.25) is 5.95 Å². The largest absolute Gasteiger partial charge is 0.417 e. The molecule has 0 radical (unpaired) electrons. The number of aliphatic hydroxyl groups excluding tert-OH is 1. The third-order valence-corrected chi connectivity index (χ3v) is 1.83. The van der Waals surface area contributed by atoms with Crippen molar-refractivity contribution in [3.63, 3.8) is 0 Å². The van der Waals surface area contributed by atoms with Gasteiger partial charge in [-0.3, -0.25) is 0 Å². The van der Waals surface area contributed by atoms with E-state index in [1.54, 1.807) is 0 Å². The van der Waals surface area contributed by atoms with Gasteiger partial charge in [-0.05, 0) is 0 Å². The molecule has 0 aliphatic carbocycles. The van der Waals surface area contributed by atoms with Crippen LogP contribution in [-0.2, 0) is 12.8 Å². The van der Waals surface area contributed by atoms with Gasteiger partial charge < -0.3 is 5.11 Å². The van der Waals surface area contributed by atoms with Gasteiger partial charge in [-0.25, -0.2) is 13.8 Å². The summed E-state index contributed by atoms with van der Waals surface area (Å²) in [6.07, 6.45) is -8.51. The average Bonchev–Trinajstić information content (AvgIpc) is 2.15. The van der Waals surface area contributed by atoms with Crippen LogP contribution < -0.4 is 0 Å². The van der Waals surface area contributed by atoms with E-state index in [4.69, 9.17) is 5.11 Å². The molecule has 0 bridgehead atoms. The Kier molecular flexibility index (Phi) is 3.41. The van der Waals surface area contributed by atoms with Crippen molar-refractivity contribution in [1.29, 1.82) is 0 Å². The second-order valence-corrected chi connectivity index (χ2v) is 2.81. The number of nitrogens with zero attached hydrogens (tertiary/aromatic N) is 1. The summed E-state index contributed by atoms with van der Waals surface area (Å²) in [6, 6.07) is 0. The van der Waals surface area contributed by atoms with Gasteiger partial charge in [-0.1, -0.05) is 0 Å². The maximum atomic E-state index is 12.8. The van der Waals surface area contributed by atoms with Gasteiger partial charge in [-0.15, -0.1) is 0 Å². The SMILES string of the molecule is OCc1c(F)ncc(C(F)F)c1C(F)(F)F. The van der Waals surface area contributed by atoms with E-state index in [-0.39, 0.29) is 6.20 Å². The number of rotatable bonds is 2.